The molecule has 0 saturated carbocycles. The average molecular weight is 180 g/mol. The molecule has 1 rings (SSSR count). The number of nitrogens with zero attached hydrogens (tertiary/aromatic N) is 1. The molecule has 0 bridgehead atoms. The number of nitrogens with two attached hydrogens (primary N) is 1. The Bertz CT molecular complexity index is 268. The van der Waals surface area contributed by atoms with Crippen LogP contribution in [0, 0.1) is 5.41 Å². The van der Waals surface area contributed by atoms with Crippen LogP contribution < -0.4 is 5.73 Å². The van der Waals surface area contributed by atoms with Gasteiger partial charge >= 0.3 is 0 Å². The van der Waals surface area contributed by atoms with Crippen LogP contribution in [0.2, 0.25) is 0 Å². The minimum absolute atomic E-state index is 0.168. The average Bonchev–Trinajstić information content (AvgIpc) is 2.31. The van der Waals surface area contributed by atoms with Gasteiger partial charge in [-0.2, -0.15) is 0 Å². The van der Waals surface area contributed by atoms with E-state index < -0.39 is 0 Å². The Morgan fingerprint density at radius 3 is 2.46 bits per heavy atom. The molecule has 0 spiro atoms. The van der Waals surface area contributed by atoms with Gasteiger partial charge in [-0.25, -0.2) is 0 Å². The van der Waals surface area contributed by atoms with E-state index in [0.29, 0.717) is 5.41 Å². The molecule has 0 unspecified atom stereocenters. The van der Waals surface area contributed by atoms with Gasteiger partial charge in [0.25, 0.3) is 0 Å². The predicted molar refractivity (Wildman–Crippen MR) is 56.4 cm³/mol. The fourth-order valence-corrected chi connectivity index (χ4v) is 1.52. The van der Waals surface area contributed by atoms with Crippen LogP contribution in [-0.4, -0.2) is 4.57 Å². The molecule has 0 aliphatic carbocycles. The number of rotatable bonds is 2. The Hall–Kier alpha value is -0.760. The summed E-state index contributed by atoms with van der Waals surface area (Å²) in [6, 6.07) is 2.26. The molecule has 2 heteroatoms. The predicted octanol–water partition coefficient (Wildman–Crippen LogP) is 2.46. The molecule has 0 radical (unpaired) electrons. The van der Waals surface area contributed by atoms with Crippen LogP contribution in [0.5, 0.6) is 0 Å². The van der Waals surface area contributed by atoms with Crippen LogP contribution in [-0.2, 0) is 7.05 Å². The van der Waals surface area contributed by atoms with E-state index in [9.17, 15) is 0 Å². The maximum atomic E-state index is 6.08. The van der Waals surface area contributed by atoms with Crippen molar-refractivity contribution in [3.05, 3.63) is 24.0 Å². The fourth-order valence-electron chi connectivity index (χ4n) is 1.52. The lowest BCUT2D eigenvalue weighted by molar-refractivity contribution is 0.343. The highest BCUT2D eigenvalue weighted by Gasteiger charge is 2.17. The Morgan fingerprint density at radius 1 is 1.46 bits per heavy atom. The Balaban J connectivity index is 2.64. The first-order chi connectivity index (χ1) is 5.88. The Kier molecular flexibility index (Phi) is 2.81. The van der Waals surface area contributed by atoms with Gasteiger partial charge in [-0.05, 0) is 23.5 Å². The zero-order chi connectivity index (χ0) is 10.1. The van der Waals surface area contributed by atoms with Crippen LogP contribution in [0.4, 0.5) is 0 Å². The van der Waals surface area contributed by atoms with Crippen LogP contribution >= 0.6 is 0 Å². The van der Waals surface area contributed by atoms with E-state index in [4.69, 9.17) is 5.73 Å². The maximum absolute atomic E-state index is 6.08. The molecule has 0 aliphatic rings. The van der Waals surface area contributed by atoms with E-state index in [1.807, 2.05) is 17.8 Å². The lowest BCUT2D eigenvalue weighted by atomic mass is 9.86. The molecule has 2 nitrogen and oxygen atoms in total. The van der Waals surface area contributed by atoms with E-state index in [2.05, 4.69) is 33.0 Å². The van der Waals surface area contributed by atoms with Crippen LogP contribution in [0.15, 0.2) is 18.5 Å². The van der Waals surface area contributed by atoms with Gasteiger partial charge in [-0.15, -0.1) is 0 Å². The molecule has 0 amide bonds. The van der Waals surface area contributed by atoms with Gasteiger partial charge in [0.1, 0.15) is 0 Å². The highest BCUT2D eigenvalue weighted by molar-refractivity contribution is 5.14. The molecule has 13 heavy (non-hydrogen) atoms. The second-order valence-electron chi connectivity index (χ2n) is 4.98. The summed E-state index contributed by atoms with van der Waals surface area (Å²) in [5.74, 6) is 0. The molecule has 74 valence electrons. The molecule has 0 saturated heterocycles. The normalized spacial score (nSPS) is 14.5. The van der Waals surface area contributed by atoms with Crippen molar-refractivity contribution in [2.24, 2.45) is 18.2 Å². The highest BCUT2D eigenvalue weighted by Crippen LogP contribution is 2.27. The van der Waals surface area contributed by atoms with E-state index >= 15 is 0 Å². The van der Waals surface area contributed by atoms with Gasteiger partial charge in [0.05, 0.1) is 0 Å². The van der Waals surface area contributed by atoms with Crippen LogP contribution in [0.3, 0.4) is 0 Å². The summed E-state index contributed by atoms with van der Waals surface area (Å²) in [5.41, 5.74) is 7.62. The first-order valence-corrected chi connectivity index (χ1v) is 4.76. The van der Waals surface area contributed by atoms with Crippen molar-refractivity contribution in [1.82, 2.24) is 4.57 Å². The first kappa shape index (κ1) is 10.3. The van der Waals surface area contributed by atoms with E-state index in [0.717, 1.165) is 6.42 Å². The molecule has 2 N–H and O–H groups in total. The zero-order valence-electron chi connectivity index (χ0n) is 9.04. The van der Waals surface area contributed by atoms with Crippen molar-refractivity contribution in [2.45, 2.75) is 33.2 Å². The number of aryl methyl sites for hydroxylation is 1. The SMILES string of the molecule is Cn1ccc([C@@H](N)CC(C)(C)C)c1. The summed E-state index contributed by atoms with van der Waals surface area (Å²) in [7, 11) is 2.02. The minimum Gasteiger partial charge on any atom is -0.357 e. The summed E-state index contributed by atoms with van der Waals surface area (Å²) >= 11 is 0. The summed E-state index contributed by atoms with van der Waals surface area (Å²) in [6.45, 7) is 6.65. The number of hydrogen-bond acceptors (Lipinski definition) is 1. The third-order valence-corrected chi connectivity index (χ3v) is 2.12. The molecule has 0 aromatic carbocycles. The fraction of sp³-hybridized carbons (Fsp3) is 0.636. The van der Waals surface area contributed by atoms with Crippen molar-refractivity contribution in [3.8, 4) is 0 Å². The third-order valence-electron chi connectivity index (χ3n) is 2.12. The van der Waals surface area contributed by atoms with Gasteiger partial charge in [0.2, 0.25) is 0 Å². The van der Waals surface area contributed by atoms with Gasteiger partial charge in [-0.1, -0.05) is 20.8 Å². The molecule has 1 aromatic heterocycles. The second kappa shape index (κ2) is 3.54. The van der Waals surface area contributed by atoms with E-state index in [-0.39, 0.29) is 6.04 Å². The minimum atomic E-state index is 0.168. The smallest absolute Gasteiger partial charge is 0.0314 e. The molecule has 0 fully saturated rings. The van der Waals surface area contributed by atoms with Crippen molar-refractivity contribution < 1.29 is 0 Å². The van der Waals surface area contributed by atoms with E-state index in [1.165, 1.54) is 5.56 Å². The van der Waals surface area contributed by atoms with E-state index in [1.54, 1.807) is 0 Å². The van der Waals surface area contributed by atoms with Crippen molar-refractivity contribution in [1.29, 1.82) is 0 Å². The summed E-state index contributed by atoms with van der Waals surface area (Å²) in [4.78, 5) is 0. The van der Waals surface area contributed by atoms with Gasteiger partial charge in [0, 0.05) is 25.5 Å². The molecular weight excluding hydrogens is 160 g/mol. The standard InChI is InChI=1S/C11H20N2/c1-11(2,3)7-10(12)9-5-6-13(4)8-9/h5-6,8,10H,7,12H2,1-4H3/t10-/m0/s1. The highest BCUT2D eigenvalue weighted by atomic mass is 14.9. The Labute approximate surface area is 80.7 Å². The zero-order valence-corrected chi connectivity index (χ0v) is 9.04. The van der Waals surface area contributed by atoms with Crippen molar-refractivity contribution >= 4 is 0 Å². The summed E-state index contributed by atoms with van der Waals surface area (Å²) in [6.07, 6.45) is 5.16. The molecule has 1 heterocycles. The van der Waals surface area contributed by atoms with Gasteiger partial charge < -0.3 is 10.3 Å². The third kappa shape index (κ3) is 3.23. The molecule has 0 aliphatic heterocycles. The number of aromatic nitrogens is 1. The summed E-state index contributed by atoms with van der Waals surface area (Å²) < 4.78 is 2.04. The Morgan fingerprint density at radius 2 is 2.08 bits per heavy atom. The van der Waals surface area contributed by atoms with Crippen molar-refractivity contribution in [2.75, 3.05) is 0 Å². The second-order valence-corrected chi connectivity index (χ2v) is 4.98. The first-order valence-electron chi connectivity index (χ1n) is 4.76. The molecule has 1 aromatic rings. The van der Waals surface area contributed by atoms with Gasteiger partial charge in [-0.3, -0.25) is 0 Å². The molecular formula is C11H20N2. The van der Waals surface area contributed by atoms with Crippen molar-refractivity contribution in [3.63, 3.8) is 0 Å². The maximum Gasteiger partial charge on any atom is 0.0314 e. The lowest BCUT2D eigenvalue weighted by Crippen LogP contribution is -2.18. The van der Waals surface area contributed by atoms with Crippen LogP contribution in [0.1, 0.15) is 38.8 Å². The van der Waals surface area contributed by atoms with Gasteiger partial charge in [0.15, 0.2) is 0 Å². The van der Waals surface area contributed by atoms with Crippen LogP contribution in [0.25, 0.3) is 0 Å². The monoisotopic (exact) mass is 180 g/mol. The molecule has 1 atom stereocenters. The largest absolute Gasteiger partial charge is 0.357 e. The topological polar surface area (TPSA) is 30.9 Å². The lowest BCUT2D eigenvalue weighted by Gasteiger charge is -2.22. The number of hydrogen-bond donors (Lipinski definition) is 1. The quantitative estimate of drug-likeness (QED) is 0.744. The summed E-state index contributed by atoms with van der Waals surface area (Å²) in [5, 5.41) is 0.